The number of aromatic nitrogens is 2. The van der Waals surface area contributed by atoms with Gasteiger partial charge in [-0.3, -0.25) is 9.69 Å². The largest absolute Gasteiger partial charge is 0.354 e. The van der Waals surface area contributed by atoms with Crippen molar-refractivity contribution in [3.05, 3.63) is 83.7 Å². The predicted octanol–water partition coefficient (Wildman–Crippen LogP) is 2.59. The lowest BCUT2D eigenvalue weighted by Gasteiger charge is -2.33. The van der Waals surface area contributed by atoms with Crippen LogP contribution >= 0.6 is 0 Å². The first-order valence-corrected chi connectivity index (χ1v) is 9.34. The zero-order valence-corrected chi connectivity index (χ0v) is 15.5. The second kappa shape index (κ2) is 7.76. The minimum absolute atomic E-state index is 0.0995. The van der Waals surface area contributed by atoms with Crippen LogP contribution in [0.1, 0.15) is 16.7 Å². The molecule has 27 heavy (non-hydrogen) atoms. The molecule has 0 aliphatic carbocycles. The zero-order chi connectivity index (χ0) is 18.6. The van der Waals surface area contributed by atoms with Crippen molar-refractivity contribution in [2.75, 3.05) is 13.6 Å². The number of hydrogen-bond acceptors (Lipinski definition) is 3. The molecule has 1 atom stereocenters. The average Bonchev–Trinajstić information content (AvgIpc) is 3.17. The van der Waals surface area contributed by atoms with Gasteiger partial charge >= 0.3 is 0 Å². The standard InChI is InChI=1S/C22H24N4O/c1-25-16-19-8-6-5-7-18(19)13-21(25)22(27)23-12-11-17-14-24-26(15-17)20-9-3-2-4-10-20/h2-10,14-15,21H,11-13,16H2,1H3,(H,23,27)/t21-/m0/s1. The van der Waals surface area contributed by atoms with Gasteiger partial charge in [-0.2, -0.15) is 5.10 Å². The van der Waals surface area contributed by atoms with Crippen LogP contribution in [-0.4, -0.2) is 40.2 Å². The van der Waals surface area contributed by atoms with E-state index in [1.54, 1.807) is 0 Å². The normalized spacial score (nSPS) is 16.7. The van der Waals surface area contributed by atoms with Gasteiger partial charge in [-0.1, -0.05) is 42.5 Å². The SMILES string of the molecule is CN1Cc2ccccc2C[C@H]1C(=O)NCCc1cnn(-c2ccccc2)c1. The summed E-state index contributed by atoms with van der Waals surface area (Å²) in [6.45, 7) is 1.43. The Morgan fingerprint density at radius 1 is 1.11 bits per heavy atom. The van der Waals surface area contributed by atoms with Gasteiger partial charge in [-0.15, -0.1) is 0 Å². The van der Waals surface area contributed by atoms with E-state index < -0.39 is 0 Å². The van der Waals surface area contributed by atoms with Gasteiger partial charge in [0.15, 0.2) is 0 Å². The van der Waals surface area contributed by atoms with E-state index in [9.17, 15) is 4.79 Å². The molecule has 4 rings (SSSR count). The van der Waals surface area contributed by atoms with Crippen LogP contribution in [0.4, 0.5) is 0 Å². The number of fused-ring (bicyclic) bond motifs is 1. The molecule has 1 amide bonds. The highest BCUT2D eigenvalue weighted by atomic mass is 16.2. The van der Waals surface area contributed by atoms with Gasteiger partial charge in [0.25, 0.3) is 0 Å². The van der Waals surface area contributed by atoms with Gasteiger partial charge in [0.2, 0.25) is 5.91 Å². The predicted molar refractivity (Wildman–Crippen MR) is 106 cm³/mol. The highest BCUT2D eigenvalue weighted by Gasteiger charge is 2.28. The summed E-state index contributed by atoms with van der Waals surface area (Å²) in [4.78, 5) is 14.8. The minimum Gasteiger partial charge on any atom is -0.354 e. The molecule has 0 unspecified atom stereocenters. The molecule has 0 saturated carbocycles. The number of nitrogens with zero attached hydrogens (tertiary/aromatic N) is 3. The molecule has 0 bridgehead atoms. The molecule has 2 heterocycles. The van der Waals surface area contributed by atoms with Crippen molar-refractivity contribution in [2.45, 2.75) is 25.4 Å². The molecule has 5 nitrogen and oxygen atoms in total. The smallest absolute Gasteiger partial charge is 0.237 e. The summed E-state index contributed by atoms with van der Waals surface area (Å²) < 4.78 is 1.86. The zero-order valence-electron chi connectivity index (χ0n) is 15.5. The Bertz CT molecular complexity index is 919. The molecule has 138 valence electrons. The first-order valence-electron chi connectivity index (χ1n) is 9.34. The molecule has 1 aliphatic rings. The van der Waals surface area contributed by atoms with Gasteiger partial charge in [0.1, 0.15) is 0 Å². The van der Waals surface area contributed by atoms with Crippen LogP contribution in [0.15, 0.2) is 67.0 Å². The number of rotatable bonds is 5. The molecular weight excluding hydrogens is 336 g/mol. The molecule has 0 saturated heterocycles. The van der Waals surface area contributed by atoms with Crippen molar-refractivity contribution < 1.29 is 4.79 Å². The Hall–Kier alpha value is -2.92. The quantitative estimate of drug-likeness (QED) is 0.761. The highest BCUT2D eigenvalue weighted by Crippen LogP contribution is 2.21. The number of amides is 1. The number of hydrogen-bond donors (Lipinski definition) is 1. The maximum absolute atomic E-state index is 12.7. The topological polar surface area (TPSA) is 50.2 Å². The van der Waals surface area contributed by atoms with Crippen LogP contribution in [-0.2, 0) is 24.2 Å². The molecule has 2 aromatic carbocycles. The number of para-hydroxylation sites is 1. The van der Waals surface area contributed by atoms with Crippen molar-refractivity contribution in [3.8, 4) is 5.69 Å². The summed E-state index contributed by atoms with van der Waals surface area (Å²) in [5.74, 6) is 0.0995. The van der Waals surface area contributed by atoms with Crippen molar-refractivity contribution in [1.29, 1.82) is 0 Å². The molecule has 1 aromatic heterocycles. The summed E-state index contributed by atoms with van der Waals surface area (Å²) in [5.41, 5.74) is 4.74. The Labute approximate surface area is 159 Å². The molecule has 0 fully saturated rings. The second-order valence-corrected chi connectivity index (χ2v) is 7.07. The van der Waals surface area contributed by atoms with E-state index in [0.29, 0.717) is 6.54 Å². The fourth-order valence-electron chi connectivity index (χ4n) is 3.61. The number of nitrogens with one attached hydrogen (secondary N) is 1. The van der Waals surface area contributed by atoms with Gasteiger partial charge in [0.05, 0.1) is 17.9 Å². The summed E-state index contributed by atoms with van der Waals surface area (Å²) in [6.07, 6.45) is 5.42. The molecule has 0 spiro atoms. The third kappa shape index (κ3) is 3.93. The summed E-state index contributed by atoms with van der Waals surface area (Å²) in [7, 11) is 2.02. The summed E-state index contributed by atoms with van der Waals surface area (Å²) >= 11 is 0. The number of carbonyl (C=O) groups excluding carboxylic acids is 1. The average molecular weight is 360 g/mol. The molecule has 3 aromatic rings. The molecule has 1 aliphatic heterocycles. The van der Waals surface area contributed by atoms with Crippen LogP contribution in [0.3, 0.4) is 0 Å². The molecular formula is C22H24N4O. The molecule has 1 N–H and O–H groups in total. The fraction of sp³-hybridized carbons (Fsp3) is 0.273. The minimum atomic E-state index is -0.105. The Morgan fingerprint density at radius 3 is 2.67 bits per heavy atom. The Balaban J connectivity index is 1.32. The van der Waals surface area contributed by atoms with E-state index in [-0.39, 0.29) is 11.9 Å². The van der Waals surface area contributed by atoms with Crippen molar-refractivity contribution in [3.63, 3.8) is 0 Å². The number of carbonyl (C=O) groups is 1. The van der Waals surface area contributed by atoms with Crippen LogP contribution in [0, 0.1) is 0 Å². The van der Waals surface area contributed by atoms with Gasteiger partial charge < -0.3 is 5.32 Å². The third-order valence-electron chi connectivity index (χ3n) is 5.16. The van der Waals surface area contributed by atoms with E-state index in [2.05, 4.69) is 33.5 Å². The van der Waals surface area contributed by atoms with Crippen molar-refractivity contribution >= 4 is 5.91 Å². The Kier molecular flexibility index (Phi) is 5.03. The maximum Gasteiger partial charge on any atom is 0.237 e. The monoisotopic (exact) mass is 360 g/mol. The van der Waals surface area contributed by atoms with E-state index in [1.165, 1.54) is 11.1 Å². The van der Waals surface area contributed by atoms with Crippen molar-refractivity contribution in [2.24, 2.45) is 0 Å². The first kappa shape index (κ1) is 17.5. The number of benzene rings is 2. The van der Waals surface area contributed by atoms with Gasteiger partial charge in [-0.05, 0) is 48.7 Å². The molecule has 5 heteroatoms. The number of likely N-dealkylation sites (N-methyl/N-ethyl adjacent to an activating group) is 1. The van der Waals surface area contributed by atoms with Crippen LogP contribution in [0.25, 0.3) is 5.69 Å². The van der Waals surface area contributed by atoms with Crippen molar-refractivity contribution in [1.82, 2.24) is 20.0 Å². The van der Waals surface area contributed by atoms with Gasteiger partial charge in [0, 0.05) is 19.3 Å². The Morgan fingerprint density at radius 2 is 1.85 bits per heavy atom. The van der Waals surface area contributed by atoms with Gasteiger partial charge in [-0.25, -0.2) is 4.68 Å². The van der Waals surface area contributed by atoms with E-state index in [1.807, 2.05) is 60.5 Å². The van der Waals surface area contributed by atoms with E-state index in [0.717, 1.165) is 30.6 Å². The fourth-order valence-corrected chi connectivity index (χ4v) is 3.61. The van der Waals surface area contributed by atoms with E-state index in [4.69, 9.17) is 0 Å². The lowest BCUT2D eigenvalue weighted by molar-refractivity contribution is -0.126. The van der Waals surface area contributed by atoms with Crippen LogP contribution in [0.2, 0.25) is 0 Å². The maximum atomic E-state index is 12.7. The van der Waals surface area contributed by atoms with Crippen LogP contribution < -0.4 is 5.32 Å². The lowest BCUT2D eigenvalue weighted by atomic mass is 9.94. The summed E-state index contributed by atoms with van der Waals surface area (Å²) in [5, 5.41) is 7.50. The third-order valence-corrected chi connectivity index (χ3v) is 5.16. The molecule has 0 radical (unpaired) electrons. The second-order valence-electron chi connectivity index (χ2n) is 7.07. The van der Waals surface area contributed by atoms with E-state index >= 15 is 0 Å². The summed E-state index contributed by atoms with van der Waals surface area (Å²) in [6, 6.07) is 18.3. The first-order chi connectivity index (χ1) is 13.2. The highest BCUT2D eigenvalue weighted by molar-refractivity contribution is 5.82. The van der Waals surface area contributed by atoms with Crippen LogP contribution in [0.5, 0.6) is 0 Å². The lowest BCUT2D eigenvalue weighted by Crippen LogP contribution is -2.48.